The van der Waals surface area contributed by atoms with E-state index >= 15 is 0 Å². The van der Waals surface area contributed by atoms with Crippen LogP contribution in [0.5, 0.6) is 0 Å². The average Bonchev–Trinajstić information content (AvgIpc) is 2.87. The molecule has 0 saturated carbocycles. The van der Waals surface area contributed by atoms with Gasteiger partial charge >= 0.3 is 0 Å². The third kappa shape index (κ3) is 1.65. The van der Waals surface area contributed by atoms with Crippen LogP contribution in [0, 0.1) is 19.8 Å². The molecular weight excluding hydrogens is 262 g/mol. The quantitative estimate of drug-likeness (QED) is 0.744. The minimum Gasteiger partial charge on any atom is -0.361 e. The first-order chi connectivity index (χ1) is 10.0. The predicted molar refractivity (Wildman–Crippen MR) is 79.3 cm³/mol. The van der Waals surface area contributed by atoms with Crippen molar-refractivity contribution in [2.45, 2.75) is 58.3 Å². The molecular formula is C17H21N3O. The van der Waals surface area contributed by atoms with E-state index in [1.165, 1.54) is 23.2 Å². The molecule has 0 amide bonds. The highest BCUT2D eigenvalue weighted by Crippen LogP contribution is 2.53. The number of hydrogen-bond donors (Lipinski definition) is 0. The normalized spacial score (nSPS) is 30.5. The van der Waals surface area contributed by atoms with Gasteiger partial charge in [-0.1, -0.05) is 19.0 Å². The lowest BCUT2D eigenvalue weighted by molar-refractivity contribution is 0.171. The fourth-order valence-corrected chi connectivity index (χ4v) is 4.67. The van der Waals surface area contributed by atoms with E-state index in [9.17, 15) is 0 Å². The molecule has 110 valence electrons. The van der Waals surface area contributed by atoms with Crippen molar-refractivity contribution in [2.75, 3.05) is 0 Å². The van der Waals surface area contributed by atoms with Crippen molar-refractivity contribution >= 4 is 0 Å². The number of nitrogens with zero attached hydrogens (tertiary/aromatic N) is 3. The van der Waals surface area contributed by atoms with Gasteiger partial charge in [0.15, 0.2) is 0 Å². The Morgan fingerprint density at radius 3 is 2.90 bits per heavy atom. The molecule has 0 fully saturated rings. The molecule has 0 radical (unpaired) electrons. The Balaban J connectivity index is 1.93. The number of rotatable bonds is 0. The Hall–Kier alpha value is -1.71. The molecule has 0 saturated heterocycles. The van der Waals surface area contributed by atoms with Crippen LogP contribution in [0.2, 0.25) is 0 Å². The van der Waals surface area contributed by atoms with Gasteiger partial charge in [0.2, 0.25) is 0 Å². The smallest absolute Gasteiger partial charge is 0.143 e. The summed E-state index contributed by atoms with van der Waals surface area (Å²) >= 11 is 0. The Morgan fingerprint density at radius 2 is 2.10 bits per heavy atom. The first-order valence-electron chi connectivity index (χ1n) is 7.78. The minimum absolute atomic E-state index is 0.0734. The molecule has 21 heavy (non-hydrogen) atoms. The van der Waals surface area contributed by atoms with Crippen molar-refractivity contribution in [3.63, 3.8) is 0 Å². The van der Waals surface area contributed by atoms with Gasteiger partial charge in [0.25, 0.3) is 0 Å². The molecule has 0 unspecified atom stereocenters. The largest absolute Gasteiger partial charge is 0.361 e. The van der Waals surface area contributed by atoms with Gasteiger partial charge < -0.3 is 4.52 Å². The number of hydrogen-bond acceptors (Lipinski definition) is 4. The van der Waals surface area contributed by atoms with Crippen LogP contribution in [0.4, 0.5) is 0 Å². The van der Waals surface area contributed by atoms with Crippen LogP contribution in [0.25, 0.3) is 0 Å². The summed E-state index contributed by atoms with van der Waals surface area (Å²) in [5, 5.41) is 4.03. The average molecular weight is 283 g/mol. The molecule has 0 bridgehead atoms. The molecule has 0 aliphatic heterocycles. The molecule has 0 spiro atoms. The zero-order chi connectivity index (χ0) is 14.8. The van der Waals surface area contributed by atoms with Crippen LogP contribution in [0.1, 0.15) is 60.3 Å². The molecule has 2 aromatic rings. The number of aryl methyl sites for hydroxylation is 2. The minimum atomic E-state index is 0.0734. The standard InChI is InChI=1S/C17H21N3O/c1-9-14-6-5-13-10(2)19-11(3)20-16(13)17(14,4)7-12-8-18-21-15(9)12/h8-9,14H,5-7H2,1-4H3/t9-,14-,17-/m0/s1. The topological polar surface area (TPSA) is 51.8 Å². The van der Waals surface area contributed by atoms with Gasteiger partial charge in [0.1, 0.15) is 11.6 Å². The lowest BCUT2D eigenvalue weighted by Crippen LogP contribution is -2.45. The van der Waals surface area contributed by atoms with Gasteiger partial charge in [-0.2, -0.15) is 0 Å². The van der Waals surface area contributed by atoms with Gasteiger partial charge in [-0.05, 0) is 44.6 Å². The molecule has 2 aliphatic rings. The highest BCUT2D eigenvalue weighted by atomic mass is 16.5. The summed E-state index contributed by atoms with van der Waals surface area (Å²) in [5.41, 5.74) is 5.11. The third-order valence-electron chi connectivity index (χ3n) is 5.64. The van der Waals surface area contributed by atoms with Gasteiger partial charge in [-0.15, -0.1) is 0 Å². The zero-order valence-corrected chi connectivity index (χ0v) is 13.1. The van der Waals surface area contributed by atoms with Crippen LogP contribution in [0.3, 0.4) is 0 Å². The Morgan fingerprint density at radius 1 is 1.29 bits per heavy atom. The van der Waals surface area contributed by atoms with E-state index < -0.39 is 0 Å². The van der Waals surface area contributed by atoms with Crippen LogP contribution in [-0.4, -0.2) is 15.1 Å². The SMILES string of the molecule is Cc1nc(C)c2c(n1)[C@@]1(C)Cc3cnoc3[C@@H](C)[C@@H]1CC2. The van der Waals surface area contributed by atoms with Crippen molar-refractivity contribution in [3.8, 4) is 0 Å². The lowest BCUT2D eigenvalue weighted by atomic mass is 9.56. The summed E-state index contributed by atoms with van der Waals surface area (Å²) in [6.45, 7) is 8.76. The first-order valence-corrected chi connectivity index (χ1v) is 7.78. The van der Waals surface area contributed by atoms with Gasteiger partial charge in [0.05, 0.1) is 11.9 Å². The first kappa shape index (κ1) is 13.0. The van der Waals surface area contributed by atoms with E-state index in [-0.39, 0.29) is 5.41 Å². The molecule has 2 aromatic heterocycles. The monoisotopic (exact) mass is 283 g/mol. The van der Waals surface area contributed by atoms with E-state index in [1.807, 2.05) is 13.1 Å². The van der Waals surface area contributed by atoms with Crippen LogP contribution in [0.15, 0.2) is 10.7 Å². The zero-order valence-electron chi connectivity index (χ0n) is 13.1. The molecule has 4 rings (SSSR count). The number of fused-ring (bicyclic) bond motifs is 4. The van der Waals surface area contributed by atoms with E-state index in [0.29, 0.717) is 11.8 Å². The summed E-state index contributed by atoms with van der Waals surface area (Å²) in [6, 6.07) is 0. The second kappa shape index (κ2) is 4.15. The molecule has 4 heteroatoms. The van der Waals surface area contributed by atoms with Crippen LogP contribution < -0.4 is 0 Å². The Bertz CT molecular complexity index is 721. The third-order valence-corrected chi connectivity index (χ3v) is 5.64. The maximum Gasteiger partial charge on any atom is 0.143 e. The molecule has 0 aromatic carbocycles. The second-order valence-corrected chi connectivity index (χ2v) is 6.93. The molecule has 3 atom stereocenters. The van der Waals surface area contributed by atoms with E-state index in [1.54, 1.807) is 0 Å². The van der Waals surface area contributed by atoms with Gasteiger partial charge in [-0.25, -0.2) is 9.97 Å². The summed E-state index contributed by atoms with van der Waals surface area (Å²) < 4.78 is 5.51. The van der Waals surface area contributed by atoms with E-state index in [4.69, 9.17) is 9.51 Å². The van der Waals surface area contributed by atoms with Gasteiger partial charge in [0, 0.05) is 22.6 Å². The molecule has 4 nitrogen and oxygen atoms in total. The fourth-order valence-electron chi connectivity index (χ4n) is 4.67. The van der Waals surface area contributed by atoms with E-state index in [0.717, 1.165) is 30.1 Å². The maximum absolute atomic E-state index is 5.51. The highest BCUT2D eigenvalue weighted by molar-refractivity contribution is 5.40. The maximum atomic E-state index is 5.51. The molecule has 2 heterocycles. The number of aromatic nitrogens is 3. The van der Waals surface area contributed by atoms with Crippen molar-refractivity contribution in [1.29, 1.82) is 0 Å². The molecule has 0 N–H and O–H groups in total. The second-order valence-electron chi connectivity index (χ2n) is 6.93. The van der Waals surface area contributed by atoms with Crippen molar-refractivity contribution < 1.29 is 4.52 Å². The lowest BCUT2D eigenvalue weighted by Gasteiger charge is -2.47. The summed E-state index contributed by atoms with van der Waals surface area (Å²) in [7, 11) is 0. The van der Waals surface area contributed by atoms with Crippen molar-refractivity contribution in [1.82, 2.24) is 15.1 Å². The van der Waals surface area contributed by atoms with Crippen molar-refractivity contribution in [2.24, 2.45) is 5.92 Å². The molecule has 2 aliphatic carbocycles. The summed E-state index contributed by atoms with van der Waals surface area (Å²) in [4.78, 5) is 9.43. The van der Waals surface area contributed by atoms with Gasteiger partial charge in [-0.3, -0.25) is 0 Å². The van der Waals surface area contributed by atoms with E-state index in [2.05, 4.69) is 30.9 Å². The van der Waals surface area contributed by atoms with Crippen molar-refractivity contribution in [3.05, 3.63) is 40.3 Å². The Kier molecular flexibility index (Phi) is 2.57. The Labute approximate surface area is 125 Å². The highest BCUT2D eigenvalue weighted by Gasteiger charge is 2.50. The fraction of sp³-hybridized carbons (Fsp3) is 0.588. The summed E-state index contributed by atoms with van der Waals surface area (Å²) in [6.07, 6.45) is 5.12. The van der Waals surface area contributed by atoms with Crippen LogP contribution >= 0.6 is 0 Å². The summed E-state index contributed by atoms with van der Waals surface area (Å²) in [5.74, 6) is 2.95. The van der Waals surface area contributed by atoms with Crippen LogP contribution in [-0.2, 0) is 18.3 Å². The predicted octanol–water partition coefficient (Wildman–Crippen LogP) is 3.26.